The first-order valence-corrected chi connectivity index (χ1v) is 10.6. The second kappa shape index (κ2) is 8.56. The molecule has 2 aliphatic rings. The van der Waals surface area contributed by atoms with Crippen molar-refractivity contribution in [3.05, 3.63) is 58.9 Å². The number of carbonyl (C=O) groups is 2. The van der Waals surface area contributed by atoms with E-state index in [1.165, 1.54) is 23.8 Å². The molecule has 5 nitrogen and oxygen atoms in total. The van der Waals surface area contributed by atoms with Crippen molar-refractivity contribution in [1.29, 1.82) is 0 Å². The van der Waals surface area contributed by atoms with Crippen LogP contribution in [0, 0.1) is 5.82 Å². The van der Waals surface area contributed by atoms with Crippen LogP contribution < -0.4 is 0 Å². The van der Waals surface area contributed by atoms with Crippen molar-refractivity contribution in [3.8, 4) is 11.1 Å². The smallest absolute Gasteiger partial charge is 0.256 e. The van der Waals surface area contributed by atoms with Gasteiger partial charge in [-0.3, -0.25) is 9.59 Å². The van der Waals surface area contributed by atoms with Gasteiger partial charge < -0.3 is 14.7 Å². The molecule has 1 fully saturated rings. The normalized spacial score (nSPS) is 16.6. The molecule has 0 bridgehead atoms. The Kier molecular flexibility index (Phi) is 5.86. The largest absolute Gasteiger partial charge is 0.345 e. The van der Waals surface area contributed by atoms with Gasteiger partial charge in [0.15, 0.2) is 0 Å². The van der Waals surface area contributed by atoms with Crippen molar-refractivity contribution in [2.45, 2.75) is 19.3 Å². The Morgan fingerprint density at radius 1 is 1.00 bits per heavy atom. The highest BCUT2D eigenvalue weighted by Gasteiger charge is 2.25. The van der Waals surface area contributed by atoms with Gasteiger partial charge in [-0.2, -0.15) is 0 Å². The van der Waals surface area contributed by atoms with Gasteiger partial charge in [-0.1, -0.05) is 18.2 Å². The van der Waals surface area contributed by atoms with Crippen LogP contribution in [-0.2, 0) is 6.42 Å². The van der Waals surface area contributed by atoms with Gasteiger partial charge in [0.1, 0.15) is 5.82 Å². The van der Waals surface area contributed by atoms with E-state index in [1.807, 2.05) is 23.1 Å². The lowest BCUT2D eigenvalue weighted by molar-refractivity contribution is 0.0723. The minimum atomic E-state index is -0.528. The van der Waals surface area contributed by atoms with E-state index in [9.17, 15) is 14.0 Å². The molecule has 0 unspecified atom stereocenters. The molecule has 0 atom stereocenters. The zero-order valence-electron chi connectivity index (χ0n) is 17.7. The van der Waals surface area contributed by atoms with Crippen LogP contribution in [0.1, 0.15) is 39.1 Å². The van der Waals surface area contributed by atoms with E-state index in [0.717, 1.165) is 61.4 Å². The maximum atomic E-state index is 14.1. The molecular weight excluding hydrogens is 381 g/mol. The van der Waals surface area contributed by atoms with E-state index in [4.69, 9.17) is 0 Å². The van der Waals surface area contributed by atoms with Crippen LogP contribution in [0.4, 0.5) is 4.39 Å². The van der Waals surface area contributed by atoms with Crippen molar-refractivity contribution in [2.24, 2.45) is 0 Å². The maximum Gasteiger partial charge on any atom is 0.256 e. The summed E-state index contributed by atoms with van der Waals surface area (Å²) in [4.78, 5) is 30.9. The van der Waals surface area contributed by atoms with Crippen LogP contribution in [0.2, 0.25) is 0 Å². The second-order valence-electron chi connectivity index (χ2n) is 8.36. The molecule has 0 spiro atoms. The van der Waals surface area contributed by atoms with E-state index in [1.54, 1.807) is 26.2 Å². The predicted molar refractivity (Wildman–Crippen MR) is 115 cm³/mol. The van der Waals surface area contributed by atoms with Crippen molar-refractivity contribution in [2.75, 3.05) is 46.8 Å². The summed E-state index contributed by atoms with van der Waals surface area (Å²) in [5.41, 5.74) is 3.48. The number of benzene rings is 2. The van der Waals surface area contributed by atoms with Gasteiger partial charge in [0.2, 0.25) is 0 Å². The topological polar surface area (TPSA) is 43.9 Å². The van der Waals surface area contributed by atoms with E-state index in [0.29, 0.717) is 0 Å². The third kappa shape index (κ3) is 4.10. The fourth-order valence-corrected chi connectivity index (χ4v) is 4.31. The molecule has 158 valence electrons. The lowest BCUT2D eigenvalue weighted by Crippen LogP contribution is -2.42. The molecule has 0 radical (unpaired) electrons. The van der Waals surface area contributed by atoms with Crippen LogP contribution in [0.15, 0.2) is 36.4 Å². The molecule has 2 aliphatic heterocycles. The Bertz CT molecular complexity index is 967. The summed E-state index contributed by atoms with van der Waals surface area (Å²) in [6.07, 6.45) is 3.31. The van der Waals surface area contributed by atoms with E-state index in [-0.39, 0.29) is 17.4 Å². The van der Waals surface area contributed by atoms with Crippen LogP contribution in [0.5, 0.6) is 0 Å². The van der Waals surface area contributed by atoms with Gasteiger partial charge >= 0.3 is 0 Å². The quantitative estimate of drug-likeness (QED) is 0.761. The first kappa shape index (κ1) is 20.5. The first-order chi connectivity index (χ1) is 14.4. The summed E-state index contributed by atoms with van der Waals surface area (Å²) < 4.78 is 14.1. The van der Waals surface area contributed by atoms with Crippen LogP contribution >= 0.6 is 0 Å². The molecule has 30 heavy (non-hydrogen) atoms. The third-order valence-corrected chi connectivity index (χ3v) is 6.10. The number of fused-ring (bicyclic) bond motifs is 1. The number of hydrogen-bond acceptors (Lipinski definition) is 3. The zero-order chi connectivity index (χ0) is 21.3. The van der Waals surface area contributed by atoms with Gasteiger partial charge in [-0.15, -0.1) is 0 Å². The Labute approximate surface area is 177 Å². The Hall–Kier alpha value is -2.73. The third-order valence-electron chi connectivity index (χ3n) is 6.10. The first-order valence-electron chi connectivity index (χ1n) is 10.6. The lowest BCUT2D eigenvalue weighted by atomic mass is 9.93. The molecular formula is C24H28FN3O2. The molecule has 2 amide bonds. The Morgan fingerprint density at radius 2 is 1.70 bits per heavy atom. The molecule has 0 saturated carbocycles. The molecule has 0 N–H and O–H groups in total. The highest BCUT2D eigenvalue weighted by Crippen LogP contribution is 2.28. The fraction of sp³-hybridized carbons (Fsp3) is 0.417. The number of likely N-dealkylation sites (tertiary alicyclic amines) is 1. The molecule has 2 aromatic rings. The Balaban J connectivity index is 1.53. The van der Waals surface area contributed by atoms with Crippen molar-refractivity contribution < 1.29 is 14.0 Å². The number of rotatable bonds is 5. The maximum absolute atomic E-state index is 14.1. The van der Waals surface area contributed by atoms with Gasteiger partial charge in [-0.25, -0.2) is 4.39 Å². The second-order valence-corrected chi connectivity index (χ2v) is 8.36. The summed E-state index contributed by atoms with van der Waals surface area (Å²) in [6, 6.07) is 10.4. The predicted octanol–water partition coefficient (Wildman–Crippen LogP) is 3.29. The molecule has 2 heterocycles. The van der Waals surface area contributed by atoms with Crippen molar-refractivity contribution in [1.82, 2.24) is 14.7 Å². The number of halogens is 1. The minimum absolute atomic E-state index is 0.0550. The Morgan fingerprint density at radius 3 is 2.43 bits per heavy atom. The number of carbonyl (C=O) groups excluding carboxylic acids is 2. The average Bonchev–Trinajstić information content (AvgIpc) is 3.26. The summed E-state index contributed by atoms with van der Waals surface area (Å²) in [5, 5.41) is 0. The summed E-state index contributed by atoms with van der Waals surface area (Å²) in [5.74, 6) is -0.806. The molecule has 2 aromatic carbocycles. The molecule has 0 aliphatic carbocycles. The molecule has 0 aromatic heterocycles. The average molecular weight is 410 g/mol. The molecule has 4 rings (SSSR count). The lowest BCUT2D eigenvalue weighted by Gasteiger charge is -2.30. The number of nitrogens with zero attached hydrogens (tertiary/aromatic N) is 3. The summed E-state index contributed by atoms with van der Waals surface area (Å²) in [6.45, 7) is 4.71. The van der Waals surface area contributed by atoms with Crippen molar-refractivity contribution >= 4 is 11.8 Å². The number of amides is 2. The van der Waals surface area contributed by atoms with Crippen LogP contribution in [0.3, 0.4) is 0 Å². The monoisotopic (exact) mass is 409 g/mol. The highest BCUT2D eigenvalue weighted by molar-refractivity contribution is 5.98. The highest BCUT2D eigenvalue weighted by atomic mass is 19.1. The molecule has 6 heteroatoms. The molecule has 1 saturated heterocycles. The zero-order valence-corrected chi connectivity index (χ0v) is 17.7. The van der Waals surface area contributed by atoms with Gasteiger partial charge in [0.05, 0.1) is 5.56 Å². The standard InChI is InChI=1S/C24H28FN3O2/c1-26(2)23(29)21-16-18(6-8-22(21)25)17-5-7-20-19(15-17)9-12-28(24(20)30)14-13-27-10-3-4-11-27/h5-8,15-16H,3-4,9-14H2,1-2H3. The van der Waals surface area contributed by atoms with Gasteiger partial charge in [0, 0.05) is 39.3 Å². The van der Waals surface area contributed by atoms with E-state index < -0.39 is 5.82 Å². The summed E-state index contributed by atoms with van der Waals surface area (Å²) in [7, 11) is 3.21. The van der Waals surface area contributed by atoms with Gasteiger partial charge in [0.25, 0.3) is 11.8 Å². The van der Waals surface area contributed by atoms with E-state index >= 15 is 0 Å². The number of hydrogen-bond donors (Lipinski definition) is 0. The summed E-state index contributed by atoms with van der Waals surface area (Å²) >= 11 is 0. The van der Waals surface area contributed by atoms with Gasteiger partial charge in [-0.05, 0) is 67.2 Å². The van der Waals surface area contributed by atoms with Crippen molar-refractivity contribution in [3.63, 3.8) is 0 Å². The SMILES string of the molecule is CN(C)C(=O)c1cc(-c2ccc3c(c2)CCN(CCN2CCCC2)C3=O)ccc1F. The van der Waals surface area contributed by atoms with Crippen LogP contribution in [0.25, 0.3) is 11.1 Å². The van der Waals surface area contributed by atoms with E-state index in [2.05, 4.69) is 4.90 Å². The fourth-order valence-electron chi connectivity index (χ4n) is 4.31. The minimum Gasteiger partial charge on any atom is -0.345 e. The van der Waals surface area contributed by atoms with Crippen LogP contribution in [-0.4, -0.2) is 73.3 Å².